The van der Waals surface area contributed by atoms with Crippen molar-refractivity contribution in [3.63, 3.8) is 0 Å². The van der Waals surface area contributed by atoms with Gasteiger partial charge >= 0.3 is 0 Å². The summed E-state index contributed by atoms with van der Waals surface area (Å²) in [4.78, 5) is 1.38. The summed E-state index contributed by atoms with van der Waals surface area (Å²) >= 11 is 5.33. The average molecular weight is 271 g/mol. The topological polar surface area (TPSA) is 20.2 Å². The molecule has 0 aliphatic carbocycles. The predicted molar refractivity (Wildman–Crippen MR) is 64.8 cm³/mol. The largest absolute Gasteiger partial charge is 0.392 e. The molecule has 74 valence electrons. The van der Waals surface area contributed by atoms with Crippen molar-refractivity contribution < 1.29 is 5.11 Å². The lowest BCUT2D eigenvalue weighted by Crippen LogP contribution is -1.83. The minimum absolute atomic E-state index is 0.0931. The lowest BCUT2D eigenvalue weighted by Gasteiger charge is -2.00. The first-order chi connectivity index (χ1) is 6.76. The van der Waals surface area contributed by atoms with Gasteiger partial charge in [-0.3, -0.25) is 0 Å². The van der Waals surface area contributed by atoms with Crippen LogP contribution in [-0.2, 0) is 13.0 Å². The highest BCUT2D eigenvalue weighted by atomic mass is 79.9. The number of benzene rings is 1. The second-order valence-electron chi connectivity index (χ2n) is 3.18. The molecule has 0 bridgehead atoms. The third-order valence-electron chi connectivity index (χ3n) is 2.28. The molecule has 1 aromatic carbocycles. The molecular formula is C11H11BrOS. The standard InChI is InChI=1S/C11H11BrOS/c1-2-9-5-7-3-4-8(6-13)10(12)11(7)14-9/h3-5,13H,2,6H2,1H3. The molecule has 0 aliphatic heterocycles. The molecule has 0 aliphatic rings. The molecule has 14 heavy (non-hydrogen) atoms. The maximum atomic E-state index is 9.12. The predicted octanol–water partition coefficient (Wildman–Crippen LogP) is 3.72. The van der Waals surface area contributed by atoms with Crippen molar-refractivity contribution in [1.82, 2.24) is 0 Å². The van der Waals surface area contributed by atoms with E-state index in [9.17, 15) is 0 Å². The normalized spacial score (nSPS) is 11.1. The van der Waals surface area contributed by atoms with Crippen LogP contribution in [0.1, 0.15) is 17.4 Å². The molecule has 1 heterocycles. The second kappa shape index (κ2) is 4.01. The number of aliphatic hydroxyl groups is 1. The van der Waals surface area contributed by atoms with E-state index in [-0.39, 0.29) is 6.61 Å². The smallest absolute Gasteiger partial charge is 0.0693 e. The van der Waals surface area contributed by atoms with Crippen molar-refractivity contribution in [1.29, 1.82) is 0 Å². The molecule has 0 atom stereocenters. The van der Waals surface area contributed by atoms with Gasteiger partial charge in [-0.2, -0.15) is 0 Å². The fourth-order valence-corrected chi connectivity index (χ4v) is 3.25. The Hall–Kier alpha value is -0.380. The molecular weight excluding hydrogens is 260 g/mol. The molecule has 1 N–H and O–H groups in total. The summed E-state index contributed by atoms with van der Waals surface area (Å²) in [5.41, 5.74) is 0.960. The maximum absolute atomic E-state index is 9.12. The van der Waals surface area contributed by atoms with Gasteiger partial charge < -0.3 is 5.11 Å². The molecule has 0 saturated carbocycles. The summed E-state index contributed by atoms with van der Waals surface area (Å²) in [6.07, 6.45) is 1.07. The Morgan fingerprint density at radius 3 is 2.86 bits per heavy atom. The average Bonchev–Trinajstić information content (AvgIpc) is 2.62. The van der Waals surface area contributed by atoms with Crippen LogP contribution in [0.25, 0.3) is 10.1 Å². The lowest BCUT2D eigenvalue weighted by atomic mass is 10.2. The van der Waals surface area contributed by atoms with Gasteiger partial charge in [-0.05, 0) is 39.4 Å². The minimum Gasteiger partial charge on any atom is -0.392 e. The van der Waals surface area contributed by atoms with Crippen LogP contribution < -0.4 is 0 Å². The molecule has 0 fully saturated rings. The molecule has 0 saturated heterocycles. The highest BCUT2D eigenvalue weighted by Gasteiger charge is 2.07. The van der Waals surface area contributed by atoms with Crippen LogP contribution in [0.2, 0.25) is 0 Å². The first-order valence-corrected chi connectivity index (χ1v) is 6.18. The SMILES string of the molecule is CCc1cc2ccc(CO)c(Br)c2s1. The number of hydrogen-bond donors (Lipinski definition) is 1. The van der Waals surface area contributed by atoms with E-state index in [1.54, 1.807) is 11.3 Å². The zero-order valence-electron chi connectivity index (χ0n) is 7.88. The van der Waals surface area contributed by atoms with Crippen molar-refractivity contribution in [3.8, 4) is 0 Å². The number of aryl methyl sites for hydroxylation is 1. The first-order valence-electron chi connectivity index (χ1n) is 4.57. The zero-order chi connectivity index (χ0) is 10.1. The summed E-state index contributed by atoms with van der Waals surface area (Å²) in [5, 5.41) is 10.4. The first kappa shape index (κ1) is 10.1. The van der Waals surface area contributed by atoms with Crippen LogP contribution in [0.3, 0.4) is 0 Å². The Labute approximate surface area is 95.5 Å². The highest BCUT2D eigenvalue weighted by Crippen LogP contribution is 2.34. The molecule has 1 aromatic heterocycles. The van der Waals surface area contributed by atoms with Gasteiger partial charge in [-0.1, -0.05) is 19.1 Å². The van der Waals surface area contributed by atoms with Crippen molar-refractivity contribution in [2.24, 2.45) is 0 Å². The number of halogens is 1. The fraction of sp³-hybridized carbons (Fsp3) is 0.273. The van der Waals surface area contributed by atoms with E-state index >= 15 is 0 Å². The van der Waals surface area contributed by atoms with Crippen molar-refractivity contribution in [3.05, 3.63) is 33.1 Å². The van der Waals surface area contributed by atoms with Gasteiger partial charge in [-0.25, -0.2) is 0 Å². The molecule has 0 spiro atoms. The third-order valence-corrected chi connectivity index (χ3v) is 4.76. The minimum atomic E-state index is 0.0931. The molecule has 1 nitrogen and oxygen atoms in total. The summed E-state index contributed by atoms with van der Waals surface area (Å²) in [6, 6.07) is 6.26. The molecule has 0 amide bonds. The molecule has 3 heteroatoms. The Morgan fingerprint density at radius 1 is 1.43 bits per heavy atom. The highest BCUT2D eigenvalue weighted by molar-refractivity contribution is 9.10. The van der Waals surface area contributed by atoms with Crippen LogP contribution in [0.15, 0.2) is 22.7 Å². The van der Waals surface area contributed by atoms with Crippen LogP contribution >= 0.6 is 27.3 Å². The summed E-state index contributed by atoms with van der Waals surface area (Å²) in [6.45, 7) is 2.25. The summed E-state index contributed by atoms with van der Waals surface area (Å²) in [5.74, 6) is 0. The monoisotopic (exact) mass is 270 g/mol. The van der Waals surface area contributed by atoms with E-state index in [0.717, 1.165) is 16.5 Å². The van der Waals surface area contributed by atoms with E-state index < -0.39 is 0 Å². The van der Waals surface area contributed by atoms with Gasteiger partial charge in [-0.15, -0.1) is 11.3 Å². The van der Waals surface area contributed by atoms with Gasteiger partial charge in [0.2, 0.25) is 0 Å². The van der Waals surface area contributed by atoms with Crippen molar-refractivity contribution in [2.75, 3.05) is 0 Å². The third kappa shape index (κ3) is 1.60. The van der Waals surface area contributed by atoms with Gasteiger partial charge in [0.15, 0.2) is 0 Å². The van der Waals surface area contributed by atoms with E-state index in [0.29, 0.717) is 0 Å². The Morgan fingerprint density at radius 2 is 2.21 bits per heavy atom. The Balaban J connectivity index is 2.68. The van der Waals surface area contributed by atoms with Gasteiger partial charge in [0, 0.05) is 14.0 Å². The zero-order valence-corrected chi connectivity index (χ0v) is 10.3. The van der Waals surface area contributed by atoms with Crippen LogP contribution in [-0.4, -0.2) is 5.11 Å². The van der Waals surface area contributed by atoms with E-state index in [1.165, 1.54) is 15.0 Å². The number of rotatable bonds is 2. The lowest BCUT2D eigenvalue weighted by molar-refractivity contribution is 0.281. The number of aliphatic hydroxyl groups excluding tert-OH is 1. The van der Waals surface area contributed by atoms with Crippen LogP contribution in [0.5, 0.6) is 0 Å². The Bertz CT molecular complexity index is 462. The summed E-state index contributed by atoms with van der Waals surface area (Å²) < 4.78 is 2.29. The van der Waals surface area contributed by atoms with E-state index in [1.807, 2.05) is 6.07 Å². The quantitative estimate of drug-likeness (QED) is 0.882. The van der Waals surface area contributed by atoms with Crippen LogP contribution in [0.4, 0.5) is 0 Å². The van der Waals surface area contributed by atoms with Gasteiger partial charge in [0.25, 0.3) is 0 Å². The number of fused-ring (bicyclic) bond motifs is 1. The molecule has 0 unspecified atom stereocenters. The summed E-state index contributed by atoms with van der Waals surface area (Å²) in [7, 11) is 0. The van der Waals surface area contributed by atoms with Crippen LogP contribution in [0, 0.1) is 0 Å². The Kier molecular flexibility index (Phi) is 2.91. The molecule has 2 aromatic rings. The van der Waals surface area contributed by atoms with E-state index in [2.05, 4.69) is 35.0 Å². The fourth-order valence-electron chi connectivity index (χ4n) is 1.46. The van der Waals surface area contributed by atoms with Crippen molar-refractivity contribution >= 4 is 37.4 Å². The van der Waals surface area contributed by atoms with Gasteiger partial charge in [0.1, 0.15) is 0 Å². The van der Waals surface area contributed by atoms with E-state index in [4.69, 9.17) is 5.11 Å². The van der Waals surface area contributed by atoms with Gasteiger partial charge in [0.05, 0.1) is 6.61 Å². The second-order valence-corrected chi connectivity index (χ2v) is 5.11. The number of thiophene rings is 1. The molecule has 2 rings (SSSR count). The maximum Gasteiger partial charge on any atom is 0.0693 e. The molecule has 0 radical (unpaired) electrons. The number of hydrogen-bond acceptors (Lipinski definition) is 2. The van der Waals surface area contributed by atoms with Crippen molar-refractivity contribution in [2.45, 2.75) is 20.0 Å².